The molecule has 0 radical (unpaired) electrons. The van der Waals surface area contributed by atoms with Crippen LogP contribution in [0.15, 0.2) is 36.7 Å². The summed E-state index contributed by atoms with van der Waals surface area (Å²) >= 11 is 0. The number of hydrogen-bond acceptors (Lipinski definition) is 10. The lowest BCUT2D eigenvalue weighted by Gasteiger charge is -2.31. The number of nitrogen functional groups attached to an aromatic ring is 2. The highest BCUT2D eigenvalue weighted by Gasteiger charge is 2.33. The van der Waals surface area contributed by atoms with E-state index in [1.54, 1.807) is 18.5 Å². The summed E-state index contributed by atoms with van der Waals surface area (Å²) in [5, 5.41) is 20.5. The van der Waals surface area contributed by atoms with Crippen LogP contribution in [0.1, 0.15) is 88.8 Å². The lowest BCUT2D eigenvalue weighted by Crippen LogP contribution is -2.33. The Hall–Kier alpha value is -4.65. The quantitative estimate of drug-likeness (QED) is 0.236. The topological polar surface area (TPSA) is 185 Å². The Kier molecular flexibility index (Phi) is 10.9. The summed E-state index contributed by atoms with van der Waals surface area (Å²) in [4.78, 5) is 36.8. The lowest BCUT2D eigenvalue weighted by atomic mass is 9.91. The van der Waals surface area contributed by atoms with Crippen molar-refractivity contribution in [3.8, 4) is 0 Å². The van der Waals surface area contributed by atoms with Gasteiger partial charge in [-0.1, -0.05) is 12.1 Å². The second-order valence-corrected chi connectivity index (χ2v) is 12.7. The van der Waals surface area contributed by atoms with Gasteiger partial charge in [0.1, 0.15) is 23.3 Å². The normalized spacial score (nSPS) is 19.0. The fourth-order valence-electron chi connectivity index (χ4n) is 7.08. The van der Waals surface area contributed by atoms with Crippen molar-refractivity contribution < 1.29 is 14.7 Å². The molecule has 14 heteroatoms. The summed E-state index contributed by atoms with van der Waals surface area (Å²) in [7, 11) is 3.94. The number of carboxylic acids is 1. The predicted octanol–water partition coefficient (Wildman–Crippen LogP) is 4.39. The van der Waals surface area contributed by atoms with Crippen molar-refractivity contribution in [3.05, 3.63) is 70.3 Å². The van der Waals surface area contributed by atoms with Gasteiger partial charge < -0.3 is 26.4 Å². The molecule has 2 aliphatic carbocycles. The number of carboxylic acid groups (broad SMARTS) is 1. The number of carbonyl (C=O) groups is 2. The molecule has 256 valence electrons. The van der Waals surface area contributed by atoms with Crippen molar-refractivity contribution in [2.24, 2.45) is 0 Å². The first-order valence-electron chi connectivity index (χ1n) is 16.5. The van der Waals surface area contributed by atoms with Crippen molar-refractivity contribution in [2.45, 2.75) is 76.0 Å². The highest BCUT2D eigenvalue weighted by Crippen LogP contribution is 2.36. The highest BCUT2D eigenvalue weighted by atomic mass is 35.5. The van der Waals surface area contributed by atoms with E-state index in [9.17, 15) is 9.59 Å². The number of halogens is 1. The summed E-state index contributed by atoms with van der Waals surface area (Å²) < 4.78 is 1.45. The molecule has 8 rings (SSSR count). The number of fused-ring (bicyclic) bond motifs is 4. The molecular formula is C34H45ClN10O3. The molecule has 6 heterocycles. The van der Waals surface area contributed by atoms with E-state index in [4.69, 9.17) is 16.6 Å². The molecule has 0 spiro atoms. The maximum absolute atomic E-state index is 13.1. The molecule has 48 heavy (non-hydrogen) atoms. The number of aliphatic carboxylic acids is 1. The Bertz CT molecular complexity index is 1750. The number of anilines is 4. The Morgan fingerprint density at radius 1 is 0.833 bits per heavy atom. The molecule has 4 aromatic rings. The third-order valence-corrected chi connectivity index (χ3v) is 9.70. The third kappa shape index (κ3) is 6.96. The number of nitrogens with two attached hydrogens (primary N) is 2. The van der Waals surface area contributed by atoms with E-state index in [2.05, 4.69) is 30.2 Å². The van der Waals surface area contributed by atoms with Gasteiger partial charge in [0.2, 0.25) is 0 Å². The second-order valence-electron chi connectivity index (χ2n) is 12.7. The van der Waals surface area contributed by atoms with Gasteiger partial charge in [0.05, 0.1) is 17.5 Å². The van der Waals surface area contributed by atoms with Gasteiger partial charge in [-0.05, 0) is 76.3 Å². The van der Waals surface area contributed by atoms with Crippen molar-refractivity contribution in [3.63, 3.8) is 0 Å². The van der Waals surface area contributed by atoms with Gasteiger partial charge in [-0.15, -0.1) is 12.4 Å². The molecule has 2 unspecified atom stereocenters. The molecule has 4 aliphatic rings. The summed E-state index contributed by atoms with van der Waals surface area (Å²) in [6.07, 6.45) is 13.7. The van der Waals surface area contributed by atoms with Gasteiger partial charge in [0, 0.05) is 67.5 Å². The van der Waals surface area contributed by atoms with E-state index in [1.807, 2.05) is 37.2 Å². The maximum atomic E-state index is 13.1. The van der Waals surface area contributed by atoms with Gasteiger partial charge in [0.25, 0.3) is 5.91 Å². The summed E-state index contributed by atoms with van der Waals surface area (Å²) in [5.74, 6) is 1.52. The van der Waals surface area contributed by atoms with Gasteiger partial charge in [-0.2, -0.15) is 14.9 Å². The van der Waals surface area contributed by atoms with Crippen LogP contribution in [0.25, 0.3) is 0 Å². The number of rotatable bonds is 2. The molecule has 6 N–H and O–H groups in total. The zero-order valence-electron chi connectivity index (χ0n) is 27.6. The minimum Gasteiger partial charge on any atom is -0.481 e. The smallest absolute Gasteiger partial charge is 0.311 e. The number of hydrogen-bond donors (Lipinski definition) is 4. The molecule has 2 aliphatic heterocycles. The van der Waals surface area contributed by atoms with Gasteiger partial charge in [-0.25, -0.2) is 9.97 Å². The molecule has 0 aromatic carbocycles. The van der Waals surface area contributed by atoms with Gasteiger partial charge >= 0.3 is 5.97 Å². The first-order chi connectivity index (χ1) is 22.7. The zero-order chi connectivity index (χ0) is 33.1. The van der Waals surface area contributed by atoms with Crippen molar-refractivity contribution in [1.29, 1.82) is 0 Å². The second kappa shape index (κ2) is 15.1. The first kappa shape index (κ1) is 34.7. The highest BCUT2D eigenvalue weighted by molar-refractivity contribution is 5.90. The first-order valence-corrected chi connectivity index (χ1v) is 16.5. The van der Waals surface area contributed by atoms with Gasteiger partial charge in [0.15, 0.2) is 0 Å². The molecule has 0 saturated heterocycles. The van der Waals surface area contributed by atoms with E-state index in [0.717, 1.165) is 92.1 Å². The Labute approximate surface area is 286 Å². The van der Waals surface area contributed by atoms with Crippen LogP contribution < -0.4 is 21.3 Å². The Morgan fingerprint density at radius 3 is 2.00 bits per heavy atom. The number of aryl methyl sites for hydroxylation is 2. The van der Waals surface area contributed by atoms with Crippen molar-refractivity contribution in [2.75, 3.05) is 48.5 Å². The largest absolute Gasteiger partial charge is 0.481 e. The number of nitrogens with one attached hydrogen (secondary N) is 1. The average molecular weight is 677 g/mol. The average Bonchev–Trinajstić information content (AvgIpc) is 3.65. The molecule has 0 bridgehead atoms. The molecule has 0 fully saturated rings. The van der Waals surface area contributed by atoms with Crippen LogP contribution in [0.3, 0.4) is 0 Å². The van der Waals surface area contributed by atoms with E-state index in [-0.39, 0.29) is 24.2 Å². The van der Waals surface area contributed by atoms with E-state index in [1.165, 1.54) is 28.8 Å². The van der Waals surface area contributed by atoms with Crippen LogP contribution in [0.2, 0.25) is 0 Å². The van der Waals surface area contributed by atoms with Crippen LogP contribution in [-0.4, -0.2) is 74.1 Å². The summed E-state index contributed by atoms with van der Waals surface area (Å²) in [5.41, 5.74) is 18.2. The fraction of sp³-hybridized carbons (Fsp3) is 0.471. The molecular weight excluding hydrogens is 632 g/mol. The van der Waals surface area contributed by atoms with Crippen LogP contribution in [0.4, 0.5) is 23.3 Å². The summed E-state index contributed by atoms with van der Waals surface area (Å²) in [6.45, 7) is 1.56. The Morgan fingerprint density at radius 2 is 1.40 bits per heavy atom. The lowest BCUT2D eigenvalue weighted by molar-refractivity contribution is -0.139. The Balaban J connectivity index is 0.000000153. The van der Waals surface area contributed by atoms with Crippen LogP contribution in [-0.2, 0) is 30.5 Å². The number of aromatic amines is 1. The molecule has 2 atom stereocenters. The number of H-pyrrole nitrogens is 1. The van der Waals surface area contributed by atoms with Crippen LogP contribution >= 0.6 is 12.4 Å². The maximum Gasteiger partial charge on any atom is 0.311 e. The SMILES string of the molecule is CN1CCC(C(=O)O)c2cccnc21.CN1CCC(C(=O)n2nc3c(c2N)CCCC3)c2cccnc21.Cl.Nc1n[nH]c2c1CCCC2. The summed E-state index contributed by atoms with van der Waals surface area (Å²) in [6, 6.07) is 7.50. The van der Waals surface area contributed by atoms with Crippen LogP contribution in [0.5, 0.6) is 0 Å². The third-order valence-electron chi connectivity index (χ3n) is 9.70. The molecule has 0 amide bonds. The molecule has 0 saturated carbocycles. The van der Waals surface area contributed by atoms with E-state index in [0.29, 0.717) is 18.1 Å². The monoisotopic (exact) mass is 676 g/mol. The van der Waals surface area contributed by atoms with E-state index >= 15 is 0 Å². The van der Waals surface area contributed by atoms with Crippen LogP contribution in [0, 0.1) is 0 Å². The number of nitrogens with zero attached hydrogens (tertiary/aromatic N) is 7. The molecule has 4 aromatic heterocycles. The van der Waals surface area contributed by atoms with Crippen molar-refractivity contribution >= 4 is 47.6 Å². The standard InChI is InChI=1S/C17H21N5O.C10H12N2O2.C7H11N3.ClH/c1-21-10-8-12(11-6-4-9-19-16(11)21)17(23)22-15(18)13-5-2-3-7-14(13)20-22;1-12-6-4-8(10(13)14)7-3-2-5-11-9(7)12;8-7-5-3-1-2-4-6(5)9-10-7;/h4,6,9,12H,2-3,5,7-8,10,18H2,1H3;2-3,5,8H,4,6H2,1H3,(H,13,14);1-4H2,(H3,8,9,10);1H. The van der Waals surface area contributed by atoms with E-state index < -0.39 is 11.9 Å². The number of aromatic nitrogens is 6. The number of carbonyl (C=O) groups excluding carboxylic acids is 1. The van der Waals surface area contributed by atoms with Gasteiger partial charge in [-0.3, -0.25) is 14.7 Å². The van der Waals surface area contributed by atoms with Crippen molar-refractivity contribution in [1.82, 2.24) is 29.9 Å². The number of pyridine rings is 2. The minimum absolute atomic E-state index is 0. The predicted molar refractivity (Wildman–Crippen MR) is 188 cm³/mol. The minimum atomic E-state index is -0.757. The molecule has 13 nitrogen and oxygen atoms in total. The fourth-order valence-corrected chi connectivity index (χ4v) is 7.08. The zero-order valence-corrected chi connectivity index (χ0v) is 28.4.